The lowest BCUT2D eigenvalue weighted by Crippen LogP contribution is -2.52. The van der Waals surface area contributed by atoms with Gasteiger partial charge >= 0.3 is 5.91 Å². The fraction of sp³-hybridized carbons (Fsp3) is 0.385. The lowest BCUT2D eigenvalue weighted by Gasteiger charge is -2.32. The maximum atomic E-state index is 12.2. The van der Waals surface area contributed by atoms with Crippen molar-refractivity contribution in [1.29, 1.82) is 0 Å². The van der Waals surface area contributed by atoms with Gasteiger partial charge in [-0.2, -0.15) is 0 Å². The Balaban J connectivity index is 1.72. The maximum Gasteiger partial charge on any atom is 0.301 e. The second-order valence-electron chi connectivity index (χ2n) is 4.98. The molecule has 0 aliphatic carbocycles. The molecule has 6 nitrogen and oxygen atoms in total. The molecule has 0 atom stereocenters. The number of nitrogens with one attached hydrogen (secondary N) is 2. The number of likely N-dealkylation sites (N-methyl/N-ethyl adjacent to an activating group) is 1. The lowest BCUT2D eigenvalue weighted by atomic mass is 10.3. The van der Waals surface area contributed by atoms with Gasteiger partial charge in [-0.05, 0) is 25.2 Å². The first-order valence-corrected chi connectivity index (χ1v) is 6.89. The lowest BCUT2D eigenvalue weighted by molar-refractivity contribution is 0.0654. The van der Waals surface area contributed by atoms with Gasteiger partial charge in [-0.15, -0.1) is 0 Å². The Bertz CT molecular complexity index is 633. The van der Waals surface area contributed by atoms with E-state index in [2.05, 4.69) is 27.3 Å². The Morgan fingerprint density at radius 2 is 2.10 bits per heavy atom. The number of aromatic nitrogens is 2. The number of halogens is 1. The summed E-state index contributed by atoms with van der Waals surface area (Å²) < 4.78 is 0. The van der Waals surface area contributed by atoms with Gasteiger partial charge in [0.2, 0.25) is 0 Å². The average Bonchev–Trinajstić information content (AvgIpc) is 2.84. The molecule has 2 aromatic rings. The van der Waals surface area contributed by atoms with E-state index in [-0.39, 0.29) is 5.91 Å². The molecule has 2 N–H and O–H groups in total. The monoisotopic (exact) mass is 293 g/mol. The smallest absolute Gasteiger partial charge is 0.301 e. The second kappa shape index (κ2) is 5.40. The Morgan fingerprint density at radius 1 is 1.35 bits per heavy atom. The van der Waals surface area contributed by atoms with Crippen LogP contribution in [0.3, 0.4) is 0 Å². The van der Waals surface area contributed by atoms with Gasteiger partial charge < -0.3 is 9.88 Å². The number of benzene rings is 1. The number of carbonyl (C=O) groups is 1. The number of aromatic amines is 1. The number of hydrogen-bond donors (Lipinski definition) is 2. The zero-order valence-electron chi connectivity index (χ0n) is 11.2. The minimum absolute atomic E-state index is 0.220. The van der Waals surface area contributed by atoms with Crippen LogP contribution in [0, 0.1) is 0 Å². The predicted octanol–water partition coefficient (Wildman–Crippen LogP) is 1.11. The van der Waals surface area contributed by atoms with Crippen LogP contribution in [-0.2, 0) is 0 Å². The standard InChI is InChI=1S/C13H16ClN5O/c1-18-4-6-19(7-5-18)17-13(20)12-15-10-3-2-9(14)8-11(10)16-12/h2-3,8H,4-7H2,1H3,(H,15,16)(H,17,20). The van der Waals surface area contributed by atoms with Gasteiger partial charge in [-0.25, -0.2) is 9.99 Å². The van der Waals surface area contributed by atoms with Crippen molar-refractivity contribution < 1.29 is 4.79 Å². The number of imidazole rings is 1. The highest BCUT2D eigenvalue weighted by Crippen LogP contribution is 2.17. The van der Waals surface area contributed by atoms with E-state index in [4.69, 9.17) is 11.6 Å². The molecule has 1 amide bonds. The van der Waals surface area contributed by atoms with Gasteiger partial charge in [0.25, 0.3) is 0 Å². The van der Waals surface area contributed by atoms with Gasteiger partial charge in [0.1, 0.15) is 0 Å². The van der Waals surface area contributed by atoms with Crippen molar-refractivity contribution in [3.05, 3.63) is 29.0 Å². The molecule has 1 saturated heterocycles. The average molecular weight is 294 g/mol. The molecule has 106 valence electrons. The van der Waals surface area contributed by atoms with Gasteiger partial charge in [-0.3, -0.25) is 10.2 Å². The van der Waals surface area contributed by atoms with Crippen molar-refractivity contribution >= 4 is 28.5 Å². The van der Waals surface area contributed by atoms with Crippen molar-refractivity contribution in [3.63, 3.8) is 0 Å². The molecule has 1 fully saturated rings. The van der Waals surface area contributed by atoms with E-state index < -0.39 is 0 Å². The summed E-state index contributed by atoms with van der Waals surface area (Å²) in [5, 5.41) is 2.54. The molecule has 1 aliphatic heterocycles. The van der Waals surface area contributed by atoms with Crippen LogP contribution in [0.4, 0.5) is 0 Å². The highest BCUT2D eigenvalue weighted by molar-refractivity contribution is 6.31. The summed E-state index contributed by atoms with van der Waals surface area (Å²) in [5.74, 6) is 0.0862. The first-order chi connectivity index (χ1) is 9.61. The molecular weight excluding hydrogens is 278 g/mol. The van der Waals surface area contributed by atoms with E-state index in [0.29, 0.717) is 10.8 Å². The van der Waals surface area contributed by atoms with Gasteiger partial charge in [0.05, 0.1) is 11.0 Å². The summed E-state index contributed by atoms with van der Waals surface area (Å²) in [7, 11) is 2.07. The van der Waals surface area contributed by atoms with Crippen LogP contribution in [0.25, 0.3) is 11.0 Å². The normalized spacial score (nSPS) is 17.5. The maximum absolute atomic E-state index is 12.2. The number of H-pyrrole nitrogens is 1. The molecule has 0 bridgehead atoms. The summed E-state index contributed by atoms with van der Waals surface area (Å²) in [5.41, 5.74) is 4.37. The van der Waals surface area contributed by atoms with Crippen LogP contribution in [0.2, 0.25) is 5.02 Å². The van der Waals surface area contributed by atoms with Crippen molar-refractivity contribution in [2.24, 2.45) is 0 Å². The Labute approximate surface area is 121 Å². The van der Waals surface area contributed by atoms with Crippen LogP contribution < -0.4 is 5.43 Å². The molecule has 0 radical (unpaired) electrons. The van der Waals surface area contributed by atoms with E-state index >= 15 is 0 Å². The fourth-order valence-electron chi connectivity index (χ4n) is 2.20. The minimum atomic E-state index is -0.220. The minimum Gasteiger partial charge on any atom is -0.334 e. The molecule has 0 saturated carbocycles. The third kappa shape index (κ3) is 2.77. The number of fused-ring (bicyclic) bond motifs is 1. The topological polar surface area (TPSA) is 64.3 Å². The number of rotatable bonds is 2. The van der Waals surface area contributed by atoms with Gasteiger partial charge in [-0.1, -0.05) is 11.6 Å². The largest absolute Gasteiger partial charge is 0.334 e. The highest BCUT2D eigenvalue weighted by atomic mass is 35.5. The Kier molecular flexibility index (Phi) is 3.60. The third-order valence-corrected chi connectivity index (χ3v) is 3.66. The molecule has 0 unspecified atom stereocenters. The van der Waals surface area contributed by atoms with Crippen LogP contribution in [0.15, 0.2) is 18.2 Å². The summed E-state index contributed by atoms with van der Waals surface area (Å²) in [6, 6.07) is 5.31. The van der Waals surface area contributed by atoms with E-state index in [1.807, 2.05) is 5.01 Å². The van der Waals surface area contributed by atoms with Crippen molar-refractivity contribution in [3.8, 4) is 0 Å². The van der Waals surface area contributed by atoms with E-state index in [1.54, 1.807) is 18.2 Å². The SMILES string of the molecule is CN1CCN(NC(=O)c2nc3ccc(Cl)cc3[nH]2)CC1. The summed E-state index contributed by atoms with van der Waals surface area (Å²) >= 11 is 5.92. The number of nitrogens with zero attached hydrogens (tertiary/aromatic N) is 3. The van der Waals surface area contributed by atoms with E-state index in [9.17, 15) is 4.79 Å². The van der Waals surface area contributed by atoms with Gasteiger partial charge in [0, 0.05) is 31.2 Å². The van der Waals surface area contributed by atoms with Crippen LogP contribution in [-0.4, -0.2) is 59.0 Å². The number of hydrogen-bond acceptors (Lipinski definition) is 4. The van der Waals surface area contributed by atoms with Crippen molar-refractivity contribution in [2.75, 3.05) is 33.2 Å². The number of amides is 1. The fourth-order valence-corrected chi connectivity index (χ4v) is 2.38. The molecule has 7 heteroatoms. The molecule has 1 aromatic heterocycles. The summed E-state index contributed by atoms with van der Waals surface area (Å²) in [6.07, 6.45) is 0. The summed E-state index contributed by atoms with van der Waals surface area (Å²) in [4.78, 5) is 21.6. The predicted molar refractivity (Wildman–Crippen MR) is 77.6 cm³/mol. The molecule has 2 heterocycles. The van der Waals surface area contributed by atoms with Gasteiger partial charge in [0.15, 0.2) is 5.82 Å². The molecule has 1 aromatic carbocycles. The quantitative estimate of drug-likeness (QED) is 0.871. The molecule has 1 aliphatic rings. The first kappa shape index (κ1) is 13.4. The number of piperazine rings is 1. The van der Waals surface area contributed by atoms with Crippen LogP contribution in [0.1, 0.15) is 10.6 Å². The number of hydrazine groups is 1. The zero-order chi connectivity index (χ0) is 14.1. The molecule has 20 heavy (non-hydrogen) atoms. The molecular formula is C13H16ClN5O. The first-order valence-electron chi connectivity index (χ1n) is 6.51. The molecule has 0 spiro atoms. The third-order valence-electron chi connectivity index (χ3n) is 3.42. The van der Waals surface area contributed by atoms with E-state index in [1.165, 1.54) is 0 Å². The second-order valence-corrected chi connectivity index (χ2v) is 5.41. The van der Waals surface area contributed by atoms with Crippen LogP contribution in [0.5, 0.6) is 0 Å². The van der Waals surface area contributed by atoms with E-state index in [0.717, 1.165) is 37.2 Å². The van der Waals surface area contributed by atoms with Crippen molar-refractivity contribution in [2.45, 2.75) is 0 Å². The number of carbonyl (C=O) groups excluding carboxylic acids is 1. The Hall–Kier alpha value is -1.63. The zero-order valence-corrected chi connectivity index (χ0v) is 11.9. The summed E-state index contributed by atoms with van der Waals surface area (Å²) in [6.45, 7) is 3.51. The van der Waals surface area contributed by atoms with Crippen LogP contribution >= 0.6 is 11.6 Å². The van der Waals surface area contributed by atoms with Crippen molar-refractivity contribution in [1.82, 2.24) is 25.3 Å². The Morgan fingerprint density at radius 3 is 2.85 bits per heavy atom. The molecule has 3 rings (SSSR count). The highest BCUT2D eigenvalue weighted by Gasteiger charge is 2.18.